The van der Waals surface area contributed by atoms with Crippen LogP contribution in [0, 0.1) is 6.92 Å². The second-order valence-corrected chi connectivity index (χ2v) is 11.4. The van der Waals surface area contributed by atoms with E-state index in [0.717, 1.165) is 41.7 Å². The van der Waals surface area contributed by atoms with Gasteiger partial charge in [0.15, 0.2) is 9.84 Å². The summed E-state index contributed by atoms with van der Waals surface area (Å²) in [6.45, 7) is 3.66. The molecule has 0 saturated heterocycles. The van der Waals surface area contributed by atoms with E-state index in [-0.39, 0.29) is 36.0 Å². The number of nitrogens with one attached hydrogen (secondary N) is 2. The van der Waals surface area contributed by atoms with Crippen molar-refractivity contribution >= 4 is 44.1 Å². The van der Waals surface area contributed by atoms with Gasteiger partial charge in [0.25, 0.3) is 5.91 Å². The van der Waals surface area contributed by atoms with Crippen molar-refractivity contribution in [3.05, 3.63) is 45.8 Å². The fourth-order valence-corrected chi connectivity index (χ4v) is 6.48. The normalized spacial score (nSPS) is 13.5. The van der Waals surface area contributed by atoms with Crippen LogP contribution in [0.15, 0.2) is 29.2 Å². The highest BCUT2D eigenvalue weighted by Gasteiger charge is 2.27. The van der Waals surface area contributed by atoms with Gasteiger partial charge >= 0.3 is 6.09 Å². The zero-order chi connectivity index (χ0) is 24.7. The molecule has 0 aliphatic heterocycles. The number of hydrogen-bond acceptors (Lipinski definition) is 7. The SMILES string of the molecule is CCOC(=O)NC(=O)c1c(NC(=O)CCCS(=O)(=O)c2ccc(C)cc2)sc2c1CCCCC2. The fraction of sp³-hybridized carbons (Fsp3) is 0.458. The number of amides is 3. The van der Waals surface area contributed by atoms with Gasteiger partial charge in [0.05, 0.1) is 22.8 Å². The molecule has 0 unspecified atom stereocenters. The summed E-state index contributed by atoms with van der Waals surface area (Å²) in [5.74, 6) is -1.13. The summed E-state index contributed by atoms with van der Waals surface area (Å²) in [5.41, 5.74) is 2.13. The highest BCUT2D eigenvalue weighted by Crippen LogP contribution is 2.37. The molecule has 1 aromatic heterocycles. The molecule has 0 radical (unpaired) electrons. The summed E-state index contributed by atoms with van der Waals surface area (Å²) in [6.07, 6.45) is 3.79. The number of ether oxygens (including phenoxy) is 1. The molecule has 0 saturated carbocycles. The van der Waals surface area contributed by atoms with Crippen LogP contribution in [-0.2, 0) is 32.2 Å². The zero-order valence-corrected chi connectivity index (χ0v) is 21.1. The Kier molecular flexibility index (Phi) is 8.84. The van der Waals surface area contributed by atoms with Gasteiger partial charge in [-0.2, -0.15) is 0 Å². The molecule has 1 aromatic carbocycles. The molecule has 1 aliphatic carbocycles. The number of carbonyl (C=O) groups excluding carboxylic acids is 3. The average molecular weight is 507 g/mol. The maximum atomic E-state index is 12.9. The molecular formula is C24H30N2O6S2. The summed E-state index contributed by atoms with van der Waals surface area (Å²) in [7, 11) is -3.49. The Hall–Kier alpha value is -2.72. The van der Waals surface area contributed by atoms with E-state index in [9.17, 15) is 22.8 Å². The van der Waals surface area contributed by atoms with Gasteiger partial charge in [0.2, 0.25) is 5.91 Å². The van der Waals surface area contributed by atoms with E-state index in [1.165, 1.54) is 11.3 Å². The lowest BCUT2D eigenvalue weighted by Gasteiger charge is -2.10. The fourth-order valence-electron chi connectivity index (χ4n) is 3.87. The average Bonchev–Trinajstić information content (AvgIpc) is 2.94. The van der Waals surface area contributed by atoms with Crippen LogP contribution in [0.2, 0.25) is 0 Å². The van der Waals surface area contributed by atoms with Crippen LogP contribution in [0.4, 0.5) is 9.80 Å². The predicted octanol–water partition coefficient (Wildman–Crippen LogP) is 4.40. The number of hydrogen-bond donors (Lipinski definition) is 2. The minimum atomic E-state index is -3.49. The van der Waals surface area contributed by atoms with E-state index in [1.54, 1.807) is 31.2 Å². The summed E-state index contributed by atoms with van der Waals surface area (Å²) in [5, 5.41) is 5.40. The molecule has 0 bridgehead atoms. The minimum Gasteiger partial charge on any atom is -0.450 e. The third-order valence-electron chi connectivity index (χ3n) is 5.59. The molecule has 0 spiro atoms. The Morgan fingerprint density at radius 3 is 2.47 bits per heavy atom. The second kappa shape index (κ2) is 11.6. The Balaban J connectivity index is 1.69. The van der Waals surface area contributed by atoms with E-state index in [1.807, 2.05) is 6.92 Å². The van der Waals surface area contributed by atoms with Gasteiger partial charge in [-0.25, -0.2) is 13.2 Å². The van der Waals surface area contributed by atoms with Crippen molar-refractivity contribution in [3.8, 4) is 0 Å². The number of alkyl carbamates (subject to hydrolysis) is 1. The number of thiophene rings is 1. The molecule has 1 heterocycles. The van der Waals surface area contributed by atoms with Gasteiger partial charge in [-0.1, -0.05) is 24.1 Å². The molecule has 2 N–H and O–H groups in total. The van der Waals surface area contributed by atoms with Crippen LogP contribution in [0.25, 0.3) is 0 Å². The van der Waals surface area contributed by atoms with Crippen molar-refractivity contribution in [2.45, 2.75) is 63.7 Å². The lowest BCUT2D eigenvalue weighted by Crippen LogP contribution is -2.32. The van der Waals surface area contributed by atoms with E-state index >= 15 is 0 Å². The highest BCUT2D eigenvalue weighted by atomic mass is 32.2. The van der Waals surface area contributed by atoms with Crippen molar-refractivity contribution in [2.24, 2.45) is 0 Å². The first-order chi connectivity index (χ1) is 16.2. The molecule has 3 amide bonds. The third kappa shape index (κ3) is 6.66. The van der Waals surface area contributed by atoms with E-state index in [2.05, 4.69) is 10.6 Å². The quantitative estimate of drug-likeness (QED) is 0.512. The molecule has 34 heavy (non-hydrogen) atoms. The number of rotatable bonds is 8. The number of carbonyl (C=O) groups is 3. The van der Waals surface area contributed by atoms with E-state index < -0.39 is 21.8 Å². The monoisotopic (exact) mass is 506 g/mol. The van der Waals surface area contributed by atoms with E-state index in [4.69, 9.17) is 4.74 Å². The van der Waals surface area contributed by atoms with Crippen LogP contribution in [0.5, 0.6) is 0 Å². The van der Waals surface area contributed by atoms with Gasteiger partial charge in [-0.05, 0) is 63.6 Å². The standard InChI is InChI=1S/C24H30N2O6S2/c1-3-32-24(29)26-22(28)21-18-8-5-4-6-9-19(18)33-23(21)25-20(27)10-7-15-34(30,31)17-13-11-16(2)12-14-17/h11-14H,3-10,15H2,1-2H3,(H,25,27)(H,26,28,29). The topological polar surface area (TPSA) is 119 Å². The number of aryl methyl sites for hydroxylation is 2. The Labute approximate surface area is 204 Å². The second-order valence-electron chi connectivity index (χ2n) is 8.23. The smallest absolute Gasteiger partial charge is 0.414 e. The number of anilines is 1. The molecule has 3 rings (SSSR count). The maximum absolute atomic E-state index is 12.9. The first-order valence-corrected chi connectivity index (χ1v) is 13.9. The first-order valence-electron chi connectivity index (χ1n) is 11.4. The summed E-state index contributed by atoms with van der Waals surface area (Å²) < 4.78 is 29.9. The van der Waals surface area contributed by atoms with E-state index in [0.29, 0.717) is 17.0 Å². The van der Waals surface area contributed by atoms with Gasteiger partial charge in [-0.3, -0.25) is 14.9 Å². The molecule has 8 nitrogen and oxygen atoms in total. The molecule has 184 valence electrons. The summed E-state index contributed by atoms with van der Waals surface area (Å²) >= 11 is 1.35. The Bertz CT molecular complexity index is 1150. The van der Waals surface area contributed by atoms with Gasteiger partial charge in [-0.15, -0.1) is 11.3 Å². The van der Waals surface area contributed by atoms with Crippen molar-refractivity contribution in [2.75, 3.05) is 17.7 Å². The predicted molar refractivity (Wildman–Crippen MR) is 131 cm³/mol. The van der Waals surface area contributed by atoms with Crippen molar-refractivity contribution in [1.82, 2.24) is 5.32 Å². The summed E-state index contributed by atoms with van der Waals surface area (Å²) in [4.78, 5) is 38.6. The number of sulfone groups is 1. The van der Waals surface area contributed by atoms with Gasteiger partial charge in [0, 0.05) is 11.3 Å². The van der Waals surface area contributed by atoms with Gasteiger partial charge < -0.3 is 10.1 Å². The Morgan fingerprint density at radius 1 is 1.06 bits per heavy atom. The van der Waals surface area contributed by atoms with Crippen molar-refractivity contribution in [3.63, 3.8) is 0 Å². The van der Waals surface area contributed by atoms with Gasteiger partial charge in [0.1, 0.15) is 5.00 Å². The number of imide groups is 1. The van der Waals surface area contributed by atoms with Crippen LogP contribution in [-0.4, -0.2) is 38.7 Å². The maximum Gasteiger partial charge on any atom is 0.414 e. The first kappa shape index (κ1) is 25.9. The summed E-state index contributed by atoms with van der Waals surface area (Å²) in [6, 6.07) is 6.61. The molecule has 0 fully saturated rings. The van der Waals surface area contributed by atoms with Crippen LogP contribution in [0.3, 0.4) is 0 Å². The Morgan fingerprint density at radius 2 is 1.76 bits per heavy atom. The molecule has 0 atom stereocenters. The van der Waals surface area contributed by atoms with Crippen LogP contribution >= 0.6 is 11.3 Å². The molecule has 1 aliphatic rings. The highest BCUT2D eigenvalue weighted by molar-refractivity contribution is 7.91. The third-order valence-corrected chi connectivity index (χ3v) is 8.61. The minimum absolute atomic E-state index is 0.00735. The van der Waals surface area contributed by atoms with Crippen LogP contribution in [0.1, 0.15) is 65.4 Å². The lowest BCUT2D eigenvalue weighted by molar-refractivity contribution is -0.116. The molecule has 10 heteroatoms. The lowest BCUT2D eigenvalue weighted by atomic mass is 10.0. The molecule has 2 aromatic rings. The largest absolute Gasteiger partial charge is 0.450 e. The number of fused-ring (bicyclic) bond motifs is 1. The number of benzene rings is 1. The van der Waals surface area contributed by atoms with Crippen LogP contribution < -0.4 is 10.6 Å². The molecular weight excluding hydrogens is 476 g/mol. The van der Waals surface area contributed by atoms with Crippen molar-refractivity contribution in [1.29, 1.82) is 0 Å². The zero-order valence-electron chi connectivity index (χ0n) is 19.4. The van der Waals surface area contributed by atoms with Crippen molar-refractivity contribution < 1.29 is 27.5 Å².